The minimum absolute atomic E-state index is 0.609. The molecule has 1 aromatic carbocycles. The molecule has 0 saturated carbocycles. The van der Waals surface area contributed by atoms with E-state index in [4.69, 9.17) is 4.74 Å². The fourth-order valence-corrected chi connectivity index (χ4v) is 2.61. The molecule has 2 aromatic heterocycles. The van der Waals surface area contributed by atoms with Crippen molar-refractivity contribution in [2.75, 3.05) is 43.6 Å². The lowest BCUT2D eigenvalue weighted by atomic mass is 10.2. The van der Waals surface area contributed by atoms with E-state index in [0.29, 0.717) is 23.2 Å². The van der Waals surface area contributed by atoms with Crippen LogP contribution in [0.5, 0.6) is 5.75 Å². The average molecular weight is 323 g/mol. The number of benzene rings is 1. The van der Waals surface area contributed by atoms with E-state index < -0.39 is 0 Å². The molecule has 122 valence electrons. The summed E-state index contributed by atoms with van der Waals surface area (Å²) in [5.74, 6) is 3.51. The van der Waals surface area contributed by atoms with Crippen molar-refractivity contribution in [1.82, 2.24) is 19.9 Å². The van der Waals surface area contributed by atoms with E-state index in [1.807, 2.05) is 55.3 Å². The molecule has 0 atom stereocenters. The van der Waals surface area contributed by atoms with Crippen LogP contribution < -0.4 is 20.1 Å². The zero-order valence-electron chi connectivity index (χ0n) is 13.9. The topological polar surface area (TPSA) is 79.3 Å². The number of anilines is 3. The number of aromatic nitrogens is 4. The van der Waals surface area contributed by atoms with Gasteiger partial charge in [-0.05, 0) is 24.3 Å². The number of hydrogen-bond donors (Lipinski definition) is 1. The highest BCUT2D eigenvalue weighted by molar-refractivity contribution is 6.02. The van der Waals surface area contributed by atoms with Crippen molar-refractivity contribution < 1.29 is 4.74 Å². The van der Waals surface area contributed by atoms with Gasteiger partial charge >= 0.3 is 0 Å². The van der Waals surface area contributed by atoms with Gasteiger partial charge in [-0.2, -0.15) is 9.97 Å². The van der Waals surface area contributed by atoms with Crippen LogP contribution in [0.1, 0.15) is 0 Å². The highest BCUT2D eigenvalue weighted by atomic mass is 16.5. The van der Waals surface area contributed by atoms with E-state index in [9.17, 15) is 0 Å². The maximum Gasteiger partial charge on any atom is 0.228 e. The molecule has 1 N–H and O–H groups in total. The van der Waals surface area contributed by atoms with E-state index in [1.54, 1.807) is 7.11 Å². The molecule has 0 spiro atoms. The van der Waals surface area contributed by atoms with Crippen LogP contribution >= 0.6 is 0 Å². The van der Waals surface area contributed by atoms with Crippen molar-refractivity contribution in [1.29, 1.82) is 0 Å². The molecule has 0 radical (unpaired) electrons. The Labute approximate surface area is 139 Å². The summed E-state index contributed by atoms with van der Waals surface area (Å²) in [5, 5.41) is 2.67. The van der Waals surface area contributed by atoms with E-state index in [-0.39, 0.29) is 0 Å². The highest BCUT2D eigenvalue weighted by Crippen LogP contribution is 2.36. The van der Waals surface area contributed by atoms with Crippen LogP contribution in [0.4, 0.5) is 17.6 Å². The molecule has 8 nitrogen and oxygen atoms in total. The summed E-state index contributed by atoms with van der Waals surface area (Å²) in [7, 11) is 7.35. The Morgan fingerprint density at radius 1 is 1.04 bits per heavy atom. The predicted octanol–water partition coefficient (Wildman–Crippen LogP) is 1.94. The maximum absolute atomic E-state index is 5.20. The molecule has 8 heteroatoms. The summed E-state index contributed by atoms with van der Waals surface area (Å²) in [5.41, 5.74) is 4.73. The van der Waals surface area contributed by atoms with Crippen molar-refractivity contribution >= 4 is 28.6 Å². The molecule has 0 saturated heterocycles. The molecule has 4 rings (SSSR count). The Morgan fingerprint density at radius 3 is 2.46 bits per heavy atom. The fourth-order valence-electron chi connectivity index (χ4n) is 2.61. The summed E-state index contributed by atoms with van der Waals surface area (Å²) >= 11 is 0. The monoisotopic (exact) mass is 323 g/mol. The summed E-state index contributed by atoms with van der Waals surface area (Å²) < 4.78 is 5.20. The molecule has 1 aliphatic rings. The lowest BCUT2D eigenvalue weighted by Gasteiger charge is -2.14. The van der Waals surface area contributed by atoms with Gasteiger partial charge < -0.3 is 9.64 Å². The number of nitrogens with one attached hydrogen (secondary N) is 1. The smallest absolute Gasteiger partial charge is 0.228 e. The van der Waals surface area contributed by atoms with Crippen molar-refractivity contribution in [3.8, 4) is 17.1 Å². The molecule has 0 fully saturated rings. The van der Waals surface area contributed by atoms with E-state index in [1.165, 1.54) is 0 Å². The van der Waals surface area contributed by atoms with Gasteiger partial charge in [-0.25, -0.2) is 9.97 Å². The fraction of sp³-hybridized carbons (Fsp3) is 0.250. The summed E-state index contributed by atoms with van der Waals surface area (Å²) in [6.45, 7) is 0. The number of ether oxygens (including phenoxy) is 1. The van der Waals surface area contributed by atoms with Gasteiger partial charge in [0.25, 0.3) is 0 Å². The van der Waals surface area contributed by atoms with Crippen LogP contribution in [-0.4, -0.2) is 48.2 Å². The van der Waals surface area contributed by atoms with Crippen LogP contribution in [0, 0.1) is 0 Å². The van der Waals surface area contributed by atoms with Crippen molar-refractivity contribution in [2.45, 2.75) is 0 Å². The van der Waals surface area contributed by atoms with Gasteiger partial charge in [-0.15, -0.1) is 0 Å². The second-order valence-corrected chi connectivity index (χ2v) is 5.74. The normalized spacial score (nSPS) is 12.4. The van der Waals surface area contributed by atoms with Crippen molar-refractivity contribution in [3.05, 3.63) is 24.3 Å². The molecule has 3 heterocycles. The summed E-state index contributed by atoms with van der Waals surface area (Å²) in [6, 6.07) is 7.64. The lowest BCUT2D eigenvalue weighted by Crippen LogP contribution is -2.22. The minimum atomic E-state index is 0.609. The largest absolute Gasteiger partial charge is 0.497 e. The van der Waals surface area contributed by atoms with Gasteiger partial charge in [-0.3, -0.25) is 10.4 Å². The second kappa shape index (κ2) is 5.19. The zero-order valence-corrected chi connectivity index (χ0v) is 13.9. The minimum Gasteiger partial charge on any atom is -0.497 e. The van der Waals surface area contributed by atoms with E-state index in [2.05, 4.69) is 25.4 Å². The molecule has 24 heavy (non-hydrogen) atoms. The van der Waals surface area contributed by atoms with Gasteiger partial charge in [-0.1, -0.05) is 0 Å². The third-order valence-corrected chi connectivity index (χ3v) is 3.86. The van der Waals surface area contributed by atoms with Crippen molar-refractivity contribution in [2.24, 2.45) is 0 Å². The first kappa shape index (κ1) is 14.4. The van der Waals surface area contributed by atoms with Gasteiger partial charge in [0.05, 0.1) is 7.11 Å². The van der Waals surface area contributed by atoms with Crippen LogP contribution in [0.25, 0.3) is 22.4 Å². The Kier molecular flexibility index (Phi) is 3.12. The number of hydrazine groups is 1. The van der Waals surface area contributed by atoms with Crippen LogP contribution in [-0.2, 0) is 0 Å². The third-order valence-electron chi connectivity index (χ3n) is 3.86. The lowest BCUT2D eigenvalue weighted by molar-refractivity contribution is 0.415. The first-order chi connectivity index (χ1) is 11.6. The molecular weight excluding hydrogens is 306 g/mol. The number of rotatable bonds is 3. The predicted molar refractivity (Wildman–Crippen MR) is 93.5 cm³/mol. The molecule has 3 aromatic rings. The zero-order chi connectivity index (χ0) is 16.8. The Morgan fingerprint density at radius 2 is 1.79 bits per heavy atom. The molecule has 0 bridgehead atoms. The Balaban J connectivity index is 1.91. The maximum atomic E-state index is 5.20. The van der Waals surface area contributed by atoms with E-state index in [0.717, 1.165) is 22.5 Å². The summed E-state index contributed by atoms with van der Waals surface area (Å²) in [4.78, 5) is 20.2. The molecule has 0 unspecified atom stereocenters. The highest BCUT2D eigenvalue weighted by Gasteiger charge is 2.25. The second-order valence-electron chi connectivity index (χ2n) is 5.74. The molecular formula is C16H17N7O. The van der Waals surface area contributed by atoms with Gasteiger partial charge in [0.2, 0.25) is 5.95 Å². The average Bonchev–Trinajstić information content (AvgIpc) is 2.91. The van der Waals surface area contributed by atoms with Gasteiger partial charge in [0.15, 0.2) is 23.1 Å². The van der Waals surface area contributed by atoms with Gasteiger partial charge in [0.1, 0.15) is 11.1 Å². The first-order valence-corrected chi connectivity index (χ1v) is 7.49. The van der Waals surface area contributed by atoms with Crippen LogP contribution in [0.2, 0.25) is 0 Å². The van der Waals surface area contributed by atoms with Crippen molar-refractivity contribution in [3.63, 3.8) is 0 Å². The van der Waals surface area contributed by atoms with E-state index >= 15 is 0 Å². The van der Waals surface area contributed by atoms with Crippen LogP contribution in [0.3, 0.4) is 0 Å². The number of hydrogen-bond acceptors (Lipinski definition) is 8. The Bertz CT molecular complexity index is 924. The standard InChI is InChI=1S/C16H17N7O/c1-22(2)16-19-13-11-14(21-23(3)15(11)20-16)18-12(17-13)9-5-7-10(24-4)8-6-9/h5-8H,1-4H3,(H,17,18,19,20,21). The Hall–Kier alpha value is -3.16. The number of methoxy groups -OCH3 is 1. The van der Waals surface area contributed by atoms with Crippen LogP contribution in [0.15, 0.2) is 24.3 Å². The molecule has 0 amide bonds. The number of nitrogens with zero attached hydrogens (tertiary/aromatic N) is 6. The van der Waals surface area contributed by atoms with Gasteiger partial charge in [0, 0.05) is 26.7 Å². The summed E-state index contributed by atoms with van der Waals surface area (Å²) in [6.07, 6.45) is 0. The quantitative estimate of drug-likeness (QED) is 0.783. The SMILES string of the molecule is COc1ccc(-c2nc3c4c(nc(N(C)C)nc4n2)N(C)N3)cc1. The third kappa shape index (κ3) is 2.15. The first-order valence-electron chi connectivity index (χ1n) is 7.49. The molecule has 1 aliphatic heterocycles. The molecule has 0 aliphatic carbocycles.